The first-order valence-corrected chi connectivity index (χ1v) is 10.5. The smallest absolute Gasteiger partial charge is 0.251 e. The number of ketones is 1. The number of nitrogens with one attached hydrogen (secondary N) is 2. The standard InChI is InChI=1S/C27H25N3O2/c1-16-10-12-22(14-17(16)2)28-27(32)19(4)18(3)26-29-23-13-11-21(15-24(23)30-26)25(31)20-8-6-5-7-9-20/h5-15H,1-4H3,(H,28,32)(H,29,30)/b19-18-. The van der Waals surface area contributed by atoms with Gasteiger partial charge in [0, 0.05) is 28.0 Å². The molecule has 0 bridgehead atoms. The van der Waals surface area contributed by atoms with Gasteiger partial charge in [-0.25, -0.2) is 4.98 Å². The minimum Gasteiger partial charge on any atom is -0.338 e. The number of fused-ring (bicyclic) bond motifs is 1. The van der Waals surface area contributed by atoms with Gasteiger partial charge in [0.2, 0.25) is 0 Å². The Balaban J connectivity index is 1.60. The molecular weight excluding hydrogens is 398 g/mol. The van der Waals surface area contributed by atoms with Gasteiger partial charge in [-0.1, -0.05) is 36.4 Å². The third kappa shape index (κ3) is 4.23. The van der Waals surface area contributed by atoms with Crippen molar-refractivity contribution in [1.82, 2.24) is 9.97 Å². The maximum Gasteiger partial charge on any atom is 0.251 e. The minimum atomic E-state index is -0.175. The summed E-state index contributed by atoms with van der Waals surface area (Å²) in [6.07, 6.45) is 0. The summed E-state index contributed by atoms with van der Waals surface area (Å²) < 4.78 is 0. The van der Waals surface area contributed by atoms with Gasteiger partial charge in [0.1, 0.15) is 5.82 Å². The Morgan fingerprint density at radius 1 is 0.844 bits per heavy atom. The number of carbonyl (C=O) groups excluding carboxylic acids is 2. The molecule has 5 nitrogen and oxygen atoms in total. The summed E-state index contributed by atoms with van der Waals surface area (Å²) in [7, 11) is 0. The maximum atomic E-state index is 12.8. The van der Waals surface area contributed by atoms with Crippen LogP contribution >= 0.6 is 0 Å². The maximum absolute atomic E-state index is 12.8. The lowest BCUT2D eigenvalue weighted by molar-refractivity contribution is -0.112. The Morgan fingerprint density at radius 3 is 2.31 bits per heavy atom. The number of hydrogen-bond acceptors (Lipinski definition) is 3. The molecule has 4 rings (SSSR count). The molecule has 0 fully saturated rings. The highest BCUT2D eigenvalue weighted by Gasteiger charge is 2.15. The van der Waals surface area contributed by atoms with E-state index in [2.05, 4.69) is 15.3 Å². The molecule has 1 aromatic heterocycles. The largest absolute Gasteiger partial charge is 0.338 e. The number of anilines is 1. The van der Waals surface area contributed by atoms with Gasteiger partial charge in [-0.05, 0) is 69.2 Å². The number of H-pyrrole nitrogens is 1. The Labute approximate surface area is 187 Å². The van der Waals surface area contributed by atoms with E-state index in [1.807, 2.05) is 63.2 Å². The van der Waals surface area contributed by atoms with Crippen LogP contribution in [-0.2, 0) is 4.79 Å². The SMILES string of the molecule is C/C(C(=O)Nc1ccc(C)c(C)c1)=C(\C)c1nc2ccc(C(=O)c3ccccc3)cc2[nH]1. The van der Waals surface area contributed by atoms with Gasteiger partial charge in [-0.3, -0.25) is 9.59 Å². The van der Waals surface area contributed by atoms with Crippen LogP contribution in [0.2, 0.25) is 0 Å². The summed E-state index contributed by atoms with van der Waals surface area (Å²) in [5, 5.41) is 2.95. The van der Waals surface area contributed by atoms with Crippen molar-refractivity contribution >= 4 is 34.0 Å². The lowest BCUT2D eigenvalue weighted by Gasteiger charge is -2.09. The molecule has 0 saturated heterocycles. The number of aromatic amines is 1. The fraction of sp³-hybridized carbons (Fsp3) is 0.148. The van der Waals surface area contributed by atoms with E-state index in [0.717, 1.165) is 27.9 Å². The first-order valence-electron chi connectivity index (χ1n) is 10.5. The second-order valence-corrected chi connectivity index (χ2v) is 8.02. The first-order chi connectivity index (χ1) is 15.3. The van der Waals surface area contributed by atoms with E-state index in [1.165, 1.54) is 5.56 Å². The fourth-order valence-corrected chi connectivity index (χ4v) is 3.48. The van der Waals surface area contributed by atoms with Gasteiger partial charge < -0.3 is 10.3 Å². The first kappa shape index (κ1) is 21.2. The molecule has 3 aromatic carbocycles. The molecule has 0 radical (unpaired) electrons. The van der Waals surface area contributed by atoms with Crippen molar-refractivity contribution in [2.45, 2.75) is 27.7 Å². The Morgan fingerprint density at radius 2 is 1.59 bits per heavy atom. The molecule has 0 aliphatic carbocycles. The second-order valence-electron chi connectivity index (χ2n) is 8.02. The molecule has 2 N–H and O–H groups in total. The van der Waals surface area contributed by atoms with E-state index in [0.29, 0.717) is 22.5 Å². The Bertz CT molecular complexity index is 1360. The van der Waals surface area contributed by atoms with Crippen molar-refractivity contribution < 1.29 is 9.59 Å². The van der Waals surface area contributed by atoms with Gasteiger partial charge >= 0.3 is 0 Å². The second kappa shape index (κ2) is 8.63. The normalized spacial score (nSPS) is 11.9. The summed E-state index contributed by atoms with van der Waals surface area (Å²) in [6, 6.07) is 20.4. The molecule has 4 aromatic rings. The van der Waals surface area contributed by atoms with Crippen molar-refractivity contribution in [1.29, 1.82) is 0 Å². The van der Waals surface area contributed by atoms with Gasteiger partial charge in [-0.2, -0.15) is 0 Å². The van der Waals surface area contributed by atoms with Crippen molar-refractivity contribution in [3.05, 3.63) is 100 Å². The summed E-state index contributed by atoms with van der Waals surface area (Å²) >= 11 is 0. The molecule has 0 spiro atoms. The zero-order chi connectivity index (χ0) is 22.8. The van der Waals surface area contributed by atoms with Gasteiger partial charge in [-0.15, -0.1) is 0 Å². The third-order valence-corrected chi connectivity index (χ3v) is 5.80. The van der Waals surface area contributed by atoms with Crippen molar-refractivity contribution in [2.75, 3.05) is 5.32 Å². The van der Waals surface area contributed by atoms with Crippen LogP contribution in [0.25, 0.3) is 16.6 Å². The number of hydrogen-bond donors (Lipinski definition) is 2. The van der Waals surface area contributed by atoms with E-state index in [9.17, 15) is 9.59 Å². The average Bonchev–Trinajstić information content (AvgIpc) is 3.24. The number of nitrogens with zero attached hydrogens (tertiary/aromatic N) is 1. The number of carbonyl (C=O) groups is 2. The van der Waals surface area contributed by atoms with Crippen LogP contribution in [0, 0.1) is 13.8 Å². The van der Waals surface area contributed by atoms with E-state index in [1.54, 1.807) is 31.2 Å². The molecular formula is C27H25N3O2. The van der Waals surface area contributed by atoms with Gasteiger partial charge in [0.05, 0.1) is 11.0 Å². The van der Waals surface area contributed by atoms with Crippen LogP contribution in [0.15, 0.2) is 72.3 Å². The fourth-order valence-electron chi connectivity index (χ4n) is 3.48. The molecule has 0 aliphatic rings. The molecule has 0 saturated carbocycles. The highest BCUT2D eigenvalue weighted by molar-refractivity contribution is 6.10. The molecule has 1 amide bonds. The quantitative estimate of drug-likeness (QED) is 0.313. The molecule has 0 atom stereocenters. The predicted molar refractivity (Wildman–Crippen MR) is 129 cm³/mol. The molecule has 32 heavy (non-hydrogen) atoms. The van der Waals surface area contributed by atoms with Crippen LogP contribution in [-0.4, -0.2) is 21.7 Å². The third-order valence-electron chi connectivity index (χ3n) is 5.80. The number of amides is 1. The average molecular weight is 424 g/mol. The van der Waals surface area contributed by atoms with E-state index in [4.69, 9.17) is 0 Å². The number of rotatable bonds is 5. The summed E-state index contributed by atoms with van der Waals surface area (Å²) in [5.74, 6) is 0.392. The summed E-state index contributed by atoms with van der Waals surface area (Å²) in [5.41, 5.74) is 7.11. The molecule has 5 heteroatoms. The van der Waals surface area contributed by atoms with Gasteiger partial charge in [0.25, 0.3) is 5.91 Å². The Kier molecular flexibility index (Phi) is 5.73. The van der Waals surface area contributed by atoms with E-state index >= 15 is 0 Å². The highest BCUT2D eigenvalue weighted by atomic mass is 16.1. The number of aryl methyl sites for hydroxylation is 2. The zero-order valence-corrected chi connectivity index (χ0v) is 18.6. The monoisotopic (exact) mass is 423 g/mol. The molecule has 160 valence electrons. The molecule has 1 heterocycles. The highest BCUT2D eigenvalue weighted by Crippen LogP contribution is 2.23. The van der Waals surface area contributed by atoms with E-state index in [-0.39, 0.29) is 11.7 Å². The number of aromatic nitrogens is 2. The predicted octanol–water partition coefficient (Wildman–Crippen LogP) is 5.84. The molecule has 0 aliphatic heterocycles. The molecule has 0 unspecified atom stereocenters. The van der Waals surface area contributed by atoms with Crippen molar-refractivity contribution in [2.24, 2.45) is 0 Å². The van der Waals surface area contributed by atoms with E-state index < -0.39 is 0 Å². The lowest BCUT2D eigenvalue weighted by atomic mass is 10.0. The van der Waals surface area contributed by atoms with Crippen LogP contribution in [0.4, 0.5) is 5.69 Å². The number of imidazole rings is 1. The van der Waals surface area contributed by atoms with Crippen molar-refractivity contribution in [3.8, 4) is 0 Å². The minimum absolute atomic E-state index is 0.0418. The summed E-state index contributed by atoms with van der Waals surface area (Å²) in [6.45, 7) is 7.70. The van der Waals surface area contributed by atoms with Gasteiger partial charge in [0.15, 0.2) is 5.78 Å². The van der Waals surface area contributed by atoms with Crippen LogP contribution in [0.3, 0.4) is 0 Å². The lowest BCUT2D eigenvalue weighted by Crippen LogP contribution is -2.14. The van der Waals surface area contributed by atoms with Crippen LogP contribution in [0.1, 0.15) is 46.7 Å². The number of benzene rings is 3. The zero-order valence-electron chi connectivity index (χ0n) is 18.6. The van der Waals surface area contributed by atoms with Crippen molar-refractivity contribution in [3.63, 3.8) is 0 Å². The van der Waals surface area contributed by atoms with Crippen LogP contribution < -0.4 is 5.32 Å². The summed E-state index contributed by atoms with van der Waals surface area (Å²) in [4.78, 5) is 33.4. The number of allylic oxidation sites excluding steroid dienone is 1. The Hall–Kier alpha value is -3.99. The topological polar surface area (TPSA) is 74.8 Å². The van der Waals surface area contributed by atoms with Crippen LogP contribution in [0.5, 0.6) is 0 Å².